The second kappa shape index (κ2) is 7.34. The number of benzene rings is 1. The molecule has 6 heteroatoms. The number of rotatable bonds is 7. The number of furan rings is 1. The predicted molar refractivity (Wildman–Crippen MR) is 93.7 cm³/mol. The fourth-order valence-electron chi connectivity index (χ4n) is 2.32. The van der Waals surface area contributed by atoms with E-state index in [0.717, 1.165) is 17.9 Å². The van der Waals surface area contributed by atoms with Gasteiger partial charge < -0.3 is 14.2 Å². The first-order valence-electron chi connectivity index (χ1n) is 8.36. The molecule has 0 unspecified atom stereocenters. The quantitative estimate of drug-likeness (QED) is 0.650. The summed E-state index contributed by atoms with van der Waals surface area (Å²) >= 11 is 0. The standard InChI is InChI=1S/C19H21N3O3/c1-4-15-9-10-16(24-15)18(23)13-5-7-14(8-6-13)20-11-17-21-22-19(25-17)12(2)3/h5-10,12,20H,4,11H2,1-3H3. The molecule has 0 spiro atoms. The molecule has 0 aliphatic rings. The third-order valence-corrected chi connectivity index (χ3v) is 3.80. The van der Waals surface area contributed by atoms with Gasteiger partial charge in [0.2, 0.25) is 17.6 Å². The van der Waals surface area contributed by atoms with Gasteiger partial charge in [0, 0.05) is 23.6 Å². The van der Waals surface area contributed by atoms with Crippen molar-refractivity contribution in [1.29, 1.82) is 0 Å². The smallest absolute Gasteiger partial charge is 0.235 e. The van der Waals surface area contributed by atoms with Crippen LogP contribution in [0.2, 0.25) is 0 Å². The van der Waals surface area contributed by atoms with E-state index >= 15 is 0 Å². The van der Waals surface area contributed by atoms with Gasteiger partial charge >= 0.3 is 0 Å². The Kier molecular flexibility index (Phi) is 4.97. The van der Waals surface area contributed by atoms with E-state index in [4.69, 9.17) is 8.83 Å². The summed E-state index contributed by atoms with van der Waals surface area (Å²) in [4.78, 5) is 12.4. The molecule has 0 saturated carbocycles. The zero-order valence-corrected chi connectivity index (χ0v) is 14.6. The molecule has 130 valence electrons. The molecule has 2 aromatic heterocycles. The summed E-state index contributed by atoms with van der Waals surface area (Å²) in [6, 6.07) is 10.8. The van der Waals surface area contributed by atoms with Crippen LogP contribution in [0.1, 0.15) is 60.3 Å². The summed E-state index contributed by atoms with van der Waals surface area (Å²) in [6.07, 6.45) is 0.768. The molecule has 0 amide bonds. The molecule has 0 radical (unpaired) electrons. The van der Waals surface area contributed by atoms with Crippen LogP contribution in [0.4, 0.5) is 5.69 Å². The number of nitrogens with zero attached hydrogens (tertiary/aromatic N) is 2. The number of aryl methyl sites for hydroxylation is 1. The van der Waals surface area contributed by atoms with Gasteiger partial charge in [0.05, 0.1) is 6.54 Å². The van der Waals surface area contributed by atoms with Gasteiger partial charge in [0.15, 0.2) is 5.76 Å². The van der Waals surface area contributed by atoms with E-state index in [1.807, 2.05) is 39.0 Å². The number of carbonyl (C=O) groups excluding carboxylic acids is 1. The molecule has 0 fully saturated rings. The minimum atomic E-state index is -0.121. The molecule has 1 aromatic carbocycles. The fourth-order valence-corrected chi connectivity index (χ4v) is 2.32. The number of nitrogens with one attached hydrogen (secondary N) is 1. The Labute approximate surface area is 146 Å². The van der Waals surface area contributed by atoms with Crippen LogP contribution in [-0.4, -0.2) is 16.0 Å². The Bertz CT molecular complexity index is 847. The molecule has 3 aromatic rings. The van der Waals surface area contributed by atoms with E-state index in [0.29, 0.717) is 29.6 Å². The molecule has 0 aliphatic heterocycles. The SMILES string of the molecule is CCc1ccc(C(=O)c2ccc(NCc3nnc(C(C)C)o3)cc2)o1. The van der Waals surface area contributed by atoms with Crippen LogP contribution in [-0.2, 0) is 13.0 Å². The van der Waals surface area contributed by atoms with Crippen LogP contribution < -0.4 is 5.32 Å². The molecule has 3 rings (SSSR count). The van der Waals surface area contributed by atoms with Crippen LogP contribution >= 0.6 is 0 Å². The maximum absolute atomic E-state index is 12.4. The molecular formula is C19H21N3O3. The zero-order chi connectivity index (χ0) is 17.8. The number of carbonyl (C=O) groups is 1. The van der Waals surface area contributed by atoms with Crippen molar-refractivity contribution in [2.24, 2.45) is 0 Å². The van der Waals surface area contributed by atoms with Gasteiger partial charge in [-0.15, -0.1) is 10.2 Å². The van der Waals surface area contributed by atoms with Gasteiger partial charge in [-0.05, 0) is 36.4 Å². The Morgan fingerprint density at radius 1 is 1.08 bits per heavy atom. The van der Waals surface area contributed by atoms with E-state index in [1.54, 1.807) is 18.2 Å². The van der Waals surface area contributed by atoms with Crippen molar-refractivity contribution in [1.82, 2.24) is 10.2 Å². The lowest BCUT2D eigenvalue weighted by molar-refractivity contribution is 0.101. The van der Waals surface area contributed by atoms with E-state index in [-0.39, 0.29) is 11.7 Å². The first-order valence-corrected chi connectivity index (χ1v) is 8.36. The van der Waals surface area contributed by atoms with Crippen molar-refractivity contribution in [3.63, 3.8) is 0 Å². The second-order valence-electron chi connectivity index (χ2n) is 6.07. The largest absolute Gasteiger partial charge is 0.458 e. The summed E-state index contributed by atoms with van der Waals surface area (Å²) in [7, 11) is 0. The average Bonchev–Trinajstić information content (AvgIpc) is 3.29. The van der Waals surface area contributed by atoms with Crippen molar-refractivity contribution in [2.45, 2.75) is 39.7 Å². The normalized spacial score (nSPS) is 11.0. The van der Waals surface area contributed by atoms with Crippen LogP contribution in [0, 0.1) is 0 Å². The molecule has 1 N–H and O–H groups in total. The van der Waals surface area contributed by atoms with E-state index in [2.05, 4.69) is 15.5 Å². The first-order chi connectivity index (χ1) is 12.1. The third kappa shape index (κ3) is 3.96. The predicted octanol–water partition coefficient (Wildman–Crippen LogP) is 4.19. The molecule has 0 bridgehead atoms. The highest BCUT2D eigenvalue weighted by molar-refractivity contribution is 6.07. The van der Waals surface area contributed by atoms with Crippen molar-refractivity contribution in [3.8, 4) is 0 Å². The van der Waals surface area contributed by atoms with Crippen molar-refractivity contribution in [2.75, 3.05) is 5.32 Å². The van der Waals surface area contributed by atoms with Crippen LogP contribution in [0.3, 0.4) is 0 Å². The third-order valence-electron chi connectivity index (χ3n) is 3.80. The lowest BCUT2D eigenvalue weighted by Crippen LogP contribution is -2.02. The first kappa shape index (κ1) is 17.0. The highest BCUT2D eigenvalue weighted by atomic mass is 16.4. The lowest BCUT2D eigenvalue weighted by Gasteiger charge is -2.04. The summed E-state index contributed by atoms with van der Waals surface area (Å²) in [5.41, 5.74) is 1.46. The number of hydrogen-bond acceptors (Lipinski definition) is 6. The molecule has 0 saturated heterocycles. The maximum Gasteiger partial charge on any atom is 0.235 e. The molecule has 2 heterocycles. The molecular weight excluding hydrogens is 318 g/mol. The molecule has 25 heavy (non-hydrogen) atoms. The minimum absolute atomic E-state index is 0.121. The Balaban J connectivity index is 1.62. The fraction of sp³-hybridized carbons (Fsp3) is 0.316. The summed E-state index contributed by atoms with van der Waals surface area (Å²) in [5, 5.41) is 11.2. The summed E-state index contributed by atoms with van der Waals surface area (Å²) < 4.78 is 11.1. The average molecular weight is 339 g/mol. The van der Waals surface area contributed by atoms with Crippen molar-refractivity contribution in [3.05, 3.63) is 65.3 Å². The van der Waals surface area contributed by atoms with E-state index < -0.39 is 0 Å². The number of hydrogen-bond donors (Lipinski definition) is 1. The van der Waals surface area contributed by atoms with Crippen LogP contribution in [0.15, 0.2) is 45.2 Å². The van der Waals surface area contributed by atoms with Crippen molar-refractivity contribution < 1.29 is 13.6 Å². The second-order valence-corrected chi connectivity index (χ2v) is 6.07. The van der Waals surface area contributed by atoms with Gasteiger partial charge in [-0.2, -0.15) is 0 Å². The van der Waals surface area contributed by atoms with Crippen LogP contribution in [0.5, 0.6) is 0 Å². The number of aromatic nitrogens is 2. The van der Waals surface area contributed by atoms with Gasteiger partial charge in [0.1, 0.15) is 5.76 Å². The topological polar surface area (TPSA) is 81.2 Å². The van der Waals surface area contributed by atoms with Gasteiger partial charge in [0.25, 0.3) is 0 Å². The van der Waals surface area contributed by atoms with Gasteiger partial charge in [-0.3, -0.25) is 4.79 Å². The highest BCUT2D eigenvalue weighted by Crippen LogP contribution is 2.17. The Hall–Kier alpha value is -2.89. The molecule has 6 nitrogen and oxygen atoms in total. The van der Waals surface area contributed by atoms with Gasteiger partial charge in [-0.25, -0.2) is 0 Å². The number of anilines is 1. The van der Waals surface area contributed by atoms with E-state index in [9.17, 15) is 4.79 Å². The monoisotopic (exact) mass is 339 g/mol. The van der Waals surface area contributed by atoms with Crippen LogP contribution in [0.25, 0.3) is 0 Å². The zero-order valence-electron chi connectivity index (χ0n) is 14.6. The molecule has 0 aliphatic carbocycles. The highest BCUT2D eigenvalue weighted by Gasteiger charge is 2.13. The number of ketones is 1. The Morgan fingerprint density at radius 3 is 2.44 bits per heavy atom. The van der Waals surface area contributed by atoms with Crippen molar-refractivity contribution >= 4 is 11.5 Å². The maximum atomic E-state index is 12.4. The van der Waals surface area contributed by atoms with Gasteiger partial charge in [-0.1, -0.05) is 20.8 Å². The summed E-state index contributed by atoms with van der Waals surface area (Å²) in [5.74, 6) is 2.42. The molecule has 0 atom stereocenters. The Morgan fingerprint density at radius 2 is 1.84 bits per heavy atom. The van der Waals surface area contributed by atoms with E-state index in [1.165, 1.54) is 0 Å². The minimum Gasteiger partial charge on any atom is -0.458 e. The lowest BCUT2D eigenvalue weighted by atomic mass is 10.1. The summed E-state index contributed by atoms with van der Waals surface area (Å²) in [6.45, 7) is 6.43.